The van der Waals surface area contributed by atoms with E-state index < -0.39 is 5.60 Å². The molecule has 1 aliphatic heterocycles. The average molecular weight is 305 g/mol. The van der Waals surface area contributed by atoms with Crippen molar-refractivity contribution in [3.63, 3.8) is 0 Å². The first-order chi connectivity index (χ1) is 10.1. The van der Waals surface area contributed by atoms with Crippen LogP contribution in [-0.2, 0) is 4.74 Å². The molecule has 1 amide bonds. The van der Waals surface area contributed by atoms with E-state index in [-0.39, 0.29) is 11.6 Å². The van der Waals surface area contributed by atoms with Crippen molar-refractivity contribution in [2.24, 2.45) is 0 Å². The second-order valence-electron chi connectivity index (χ2n) is 7.52. The van der Waals surface area contributed by atoms with E-state index in [0.29, 0.717) is 13.1 Å². The van der Waals surface area contributed by atoms with Gasteiger partial charge in [-0.1, -0.05) is 0 Å². The monoisotopic (exact) mass is 305 g/mol. The lowest BCUT2D eigenvalue weighted by Crippen LogP contribution is -2.61. The summed E-state index contributed by atoms with van der Waals surface area (Å²) < 4.78 is 5.48. The maximum Gasteiger partial charge on any atom is 0.410 e. The molecule has 1 aliphatic rings. The van der Waals surface area contributed by atoms with Crippen molar-refractivity contribution in [3.05, 3.63) is 24.0 Å². The van der Waals surface area contributed by atoms with Crippen LogP contribution in [0.2, 0.25) is 0 Å². The zero-order chi connectivity index (χ0) is 16.5. The number of piperazine rings is 1. The van der Waals surface area contributed by atoms with Crippen LogP contribution in [-0.4, -0.2) is 46.8 Å². The van der Waals surface area contributed by atoms with E-state index in [1.807, 2.05) is 40.0 Å². The van der Waals surface area contributed by atoms with Crippen LogP contribution in [0.25, 0.3) is 0 Å². The first-order valence-corrected chi connectivity index (χ1v) is 7.77. The fraction of sp³-hybridized carbons (Fsp3) is 0.647. The summed E-state index contributed by atoms with van der Waals surface area (Å²) in [5.41, 5.74) is 1.49. The molecule has 0 atom stereocenters. The average Bonchev–Trinajstić information content (AvgIpc) is 2.37. The Morgan fingerprint density at radius 1 is 1.27 bits per heavy atom. The lowest BCUT2D eigenvalue weighted by atomic mass is 9.98. The molecule has 0 unspecified atom stereocenters. The Morgan fingerprint density at radius 2 is 1.95 bits per heavy atom. The number of ether oxygens (including phenoxy) is 1. The molecular weight excluding hydrogens is 278 g/mol. The van der Waals surface area contributed by atoms with Crippen LogP contribution >= 0.6 is 0 Å². The van der Waals surface area contributed by atoms with Gasteiger partial charge in [-0.05, 0) is 53.7 Å². The van der Waals surface area contributed by atoms with E-state index in [4.69, 9.17) is 4.74 Å². The van der Waals surface area contributed by atoms with Crippen molar-refractivity contribution in [2.75, 3.05) is 24.5 Å². The van der Waals surface area contributed by atoms with E-state index in [2.05, 4.69) is 29.8 Å². The van der Waals surface area contributed by atoms with Gasteiger partial charge in [-0.2, -0.15) is 0 Å². The predicted octanol–water partition coefficient (Wildman–Crippen LogP) is 3.23. The van der Waals surface area contributed by atoms with Crippen molar-refractivity contribution in [1.82, 2.24) is 9.88 Å². The third-order valence-electron chi connectivity index (χ3n) is 3.76. The number of amides is 1. The third kappa shape index (κ3) is 3.90. The topological polar surface area (TPSA) is 45.7 Å². The van der Waals surface area contributed by atoms with Crippen LogP contribution in [0.5, 0.6) is 0 Å². The normalized spacial score (nSPS) is 18.3. The van der Waals surface area contributed by atoms with Gasteiger partial charge in [-0.25, -0.2) is 4.79 Å². The van der Waals surface area contributed by atoms with E-state index in [9.17, 15) is 4.79 Å². The van der Waals surface area contributed by atoms with Crippen LogP contribution in [0.3, 0.4) is 0 Å². The molecule has 5 heteroatoms. The van der Waals surface area contributed by atoms with Gasteiger partial charge in [0.1, 0.15) is 5.60 Å². The van der Waals surface area contributed by atoms with Gasteiger partial charge in [-0.3, -0.25) is 4.98 Å². The zero-order valence-electron chi connectivity index (χ0n) is 14.5. The highest BCUT2D eigenvalue weighted by molar-refractivity contribution is 5.69. The summed E-state index contributed by atoms with van der Waals surface area (Å²) >= 11 is 0. The summed E-state index contributed by atoms with van der Waals surface area (Å²) in [6, 6.07) is 4.11. The van der Waals surface area contributed by atoms with Gasteiger partial charge in [0.2, 0.25) is 0 Å². The molecule has 2 heterocycles. The molecule has 1 saturated heterocycles. The molecule has 0 N–H and O–H groups in total. The molecule has 0 aliphatic carbocycles. The lowest BCUT2D eigenvalue weighted by Gasteiger charge is -2.48. The molecule has 122 valence electrons. The molecular formula is C17H27N3O2. The fourth-order valence-electron chi connectivity index (χ4n) is 2.74. The van der Waals surface area contributed by atoms with Crippen molar-refractivity contribution in [3.8, 4) is 0 Å². The van der Waals surface area contributed by atoms with Gasteiger partial charge in [0.15, 0.2) is 0 Å². The molecule has 22 heavy (non-hydrogen) atoms. The number of aryl methyl sites for hydroxylation is 1. The van der Waals surface area contributed by atoms with Gasteiger partial charge in [0, 0.05) is 25.3 Å². The Kier molecular flexibility index (Phi) is 4.36. The first-order valence-electron chi connectivity index (χ1n) is 7.77. The number of hydrogen-bond acceptors (Lipinski definition) is 4. The van der Waals surface area contributed by atoms with E-state index in [1.54, 1.807) is 4.90 Å². The van der Waals surface area contributed by atoms with Crippen LogP contribution < -0.4 is 4.90 Å². The van der Waals surface area contributed by atoms with Crippen LogP contribution in [0.15, 0.2) is 18.3 Å². The molecule has 0 radical (unpaired) electrons. The zero-order valence-corrected chi connectivity index (χ0v) is 14.5. The van der Waals surface area contributed by atoms with Crippen molar-refractivity contribution in [2.45, 2.75) is 52.7 Å². The largest absolute Gasteiger partial charge is 0.444 e. The van der Waals surface area contributed by atoms with Crippen molar-refractivity contribution in [1.29, 1.82) is 0 Å². The van der Waals surface area contributed by atoms with Gasteiger partial charge in [-0.15, -0.1) is 0 Å². The molecule has 0 aromatic carbocycles. The standard InChI is InChI=1S/C17H27N3O2/c1-13-7-8-14(11-18-13)20-10-9-19(12-17(20,5)6)15(21)22-16(2,3)4/h7-8,11H,9-10,12H2,1-6H3. The van der Waals surface area contributed by atoms with Crippen molar-refractivity contribution >= 4 is 11.8 Å². The number of nitrogens with zero attached hydrogens (tertiary/aromatic N) is 3. The molecule has 0 bridgehead atoms. The summed E-state index contributed by atoms with van der Waals surface area (Å²) in [4.78, 5) is 20.7. The quantitative estimate of drug-likeness (QED) is 0.799. The number of hydrogen-bond donors (Lipinski definition) is 0. The van der Waals surface area contributed by atoms with Gasteiger partial charge in [0.05, 0.1) is 17.4 Å². The van der Waals surface area contributed by atoms with Gasteiger partial charge < -0.3 is 14.5 Å². The summed E-state index contributed by atoms with van der Waals surface area (Å²) in [6.07, 6.45) is 1.67. The van der Waals surface area contributed by atoms with Gasteiger partial charge >= 0.3 is 6.09 Å². The van der Waals surface area contributed by atoms with Gasteiger partial charge in [0.25, 0.3) is 0 Å². The third-order valence-corrected chi connectivity index (χ3v) is 3.76. The molecule has 2 rings (SSSR count). The smallest absolute Gasteiger partial charge is 0.410 e. The number of anilines is 1. The van der Waals surface area contributed by atoms with Crippen LogP contribution in [0.1, 0.15) is 40.3 Å². The summed E-state index contributed by atoms with van der Waals surface area (Å²) in [5, 5.41) is 0. The highest BCUT2D eigenvalue weighted by Crippen LogP contribution is 2.28. The minimum Gasteiger partial charge on any atom is -0.444 e. The Bertz CT molecular complexity index is 532. The highest BCUT2D eigenvalue weighted by Gasteiger charge is 2.37. The number of aromatic nitrogens is 1. The molecule has 1 fully saturated rings. The fourth-order valence-corrected chi connectivity index (χ4v) is 2.74. The number of carbonyl (C=O) groups is 1. The molecule has 0 spiro atoms. The summed E-state index contributed by atoms with van der Waals surface area (Å²) in [7, 11) is 0. The number of carbonyl (C=O) groups excluding carboxylic acids is 1. The Labute approximate surface area is 133 Å². The van der Waals surface area contributed by atoms with Crippen LogP contribution in [0, 0.1) is 6.92 Å². The minimum absolute atomic E-state index is 0.161. The second kappa shape index (κ2) is 5.78. The Hall–Kier alpha value is -1.78. The Morgan fingerprint density at radius 3 is 2.45 bits per heavy atom. The molecule has 5 nitrogen and oxygen atoms in total. The Balaban J connectivity index is 2.09. The predicted molar refractivity (Wildman–Crippen MR) is 88.2 cm³/mol. The van der Waals surface area contributed by atoms with Crippen LogP contribution in [0.4, 0.5) is 10.5 Å². The minimum atomic E-state index is -0.459. The number of rotatable bonds is 1. The van der Waals surface area contributed by atoms with Crippen molar-refractivity contribution < 1.29 is 9.53 Å². The number of pyridine rings is 1. The van der Waals surface area contributed by atoms with E-state index in [1.165, 1.54) is 0 Å². The van der Waals surface area contributed by atoms with E-state index in [0.717, 1.165) is 17.9 Å². The second-order valence-corrected chi connectivity index (χ2v) is 7.52. The molecule has 0 saturated carbocycles. The first kappa shape index (κ1) is 16.6. The maximum atomic E-state index is 12.3. The maximum absolute atomic E-state index is 12.3. The molecule has 1 aromatic rings. The highest BCUT2D eigenvalue weighted by atomic mass is 16.6. The lowest BCUT2D eigenvalue weighted by molar-refractivity contribution is 0.0179. The summed E-state index contributed by atoms with van der Waals surface area (Å²) in [6.45, 7) is 14.0. The summed E-state index contributed by atoms with van der Waals surface area (Å²) in [5.74, 6) is 0. The van der Waals surface area contributed by atoms with E-state index >= 15 is 0 Å². The SMILES string of the molecule is Cc1ccc(N2CCN(C(=O)OC(C)(C)C)CC2(C)C)cn1. The molecule has 1 aromatic heterocycles.